The fourth-order valence-corrected chi connectivity index (χ4v) is 3.60. The molecule has 0 saturated carbocycles. The van der Waals surface area contributed by atoms with Gasteiger partial charge in [0.05, 0.1) is 13.2 Å². The van der Waals surface area contributed by atoms with Gasteiger partial charge in [-0.05, 0) is 67.3 Å². The molecule has 162 valence electrons. The largest absolute Gasteiger partial charge is 0.497 e. The van der Waals surface area contributed by atoms with E-state index in [-0.39, 0.29) is 11.9 Å². The van der Waals surface area contributed by atoms with E-state index < -0.39 is 0 Å². The molecule has 0 aromatic heterocycles. The van der Waals surface area contributed by atoms with Gasteiger partial charge in [-0.1, -0.05) is 62.6 Å². The summed E-state index contributed by atoms with van der Waals surface area (Å²) in [6.45, 7) is 4.33. The van der Waals surface area contributed by atoms with Crippen molar-refractivity contribution in [3.8, 4) is 22.6 Å². The predicted octanol–water partition coefficient (Wildman–Crippen LogP) is 7.33. The Hall–Kier alpha value is -3.07. The van der Waals surface area contributed by atoms with Crippen LogP contribution in [0.15, 0.2) is 72.8 Å². The summed E-state index contributed by atoms with van der Waals surface area (Å²) in [5.74, 6) is 1.66. The van der Waals surface area contributed by atoms with E-state index >= 15 is 0 Å². The number of ketones is 1. The molecule has 0 N–H and O–H groups in total. The fraction of sp³-hybridized carbons (Fsp3) is 0.321. The monoisotopic (exact) mass is 416 g/mol. The number of carbonyl (C=O) groups excluding carboxylic acids is 1. The van der Waals surface area contributed by atoms with E-state index in [0.29, 0.717) is 11.1 Å². The van der Waals surface area contributed by atoms with E-state index in [1.807, 2.05) is 72.8 Å². The average molecular weight is 417 g/mol. The Kier molecular flexibility index (Phi) is 8.28. The molecule has 0 saturated heterocycles. The van der Waals surface area contributed by atoms with E-state index in [0.717, 1.165) is 29.0 Å². The maximum Gasteiger partial charge on any atom is 0.193 e. The van der Waals surface area contributed by atoms with Gasteiger partial charge in [-0.2, -0.15) is 0 Å². The second-order valence-corrected chi connectivity index (χ2v) is 7.94. The van der Waals surface area contributed by atoms with Crippen molar-refractivity contribution in [1.29, 1.82) is 0 Å². The summed E-state index contributed by atoms with van der Waals surface area (Å²) in [7, 11) is 1.66. The van der Waals surface area contributed by atoms with Crippen molar-refractivity contribution in [2.75, 3.05) is 7.11 Å². The molecule has 0 aliphatic rings. The summed E-state index contributed by atoms with van der Waals surface area (Å²) in [6.07, 6.45) is 6.22. The predicted molar refractivity (Wildman–Crippen MR) is 127 cm³/mol. The zero-order chi connectivity index (χ0) is 22.1. The minimum Gasteiger partial charge on any atom is -0.497 e. The number of benzene rings is 3. The Labute approximate surface area is 186 Å². The first kappa shape index (κ1) is 22.6. The van der Waals surface area contributed by atoms with Gasteiger partial charge in [-0.15, -0.1) is 0 Å². The third kappa shape index (κ3) is 6.45. The smallest absolute Gasteiger partial charge is 0.193 e. The van der Waals surface area contributed by atoms with E-state index in [1.165, 1.54) is 25.7 Å². The number of rotatable bonds is 11. The van der Waals surface area contributed by atoms with E-state index in [4.69, 9.17) is 9.47 Å². The van der Waals surface area contributed by atoms with Crippen LogP contribution in [-0.2, 0) is 0 Å². The molecule has 0 amide bonds. The normalized spacial score (nSPS) is 11.7. The number of methoxy groups -OCH3 is 1. The van der Waals surface area contributed by atoms with Crippen molar-refractivity contribution < 1.29 is 14.3 Å². The molecular formula is C28H32O3. The highest BCUT2D eigenvalue weighted by Gasteiger charge is 2.11. The van der Waals surface area contributed by atoms with Crippen molar-refractivity contribution in [2.24, 2.45) is 0 Å². The molecule has 31 heavy (non-hydrogen) atoms. The zero-order valence-electron chi connectivity index (χ0n) is 18.8. The van der Waals surface area contributed by atoms with Crippen LogP contribution < -0.4 is 9.47 Å². The molecule has 0 radical (unpaired) electrons. The molecule has 0 fully saturated rings. The van der Waals surface area contributed by atoms with Crippen LogP contribution in [0.5, 0.6) is 11.5 Å². The lowest BCUT2D eigenvalue weighted by atomic mass is 9.99. The Morgan fingerprint density at radius 1 is 0.742 bits per heavy atom. The van der Waals surface area contributed by atoms with Crippen LogP contribution >= 0.6 is 0 Å². The summed E-state index contributed by atoms with van der Waals surface area (Å²) < 4.78 is 11.2. The highest BCUT2D eigenvalue weighted by atomic mass is 16.5. The molecule has 3 aromatic carbocycles. The van der Waals surface area contributed by atoms with Crippen LogP contribution in [0.3, 0.4) is 0 Å². The second kappa shape index (κ2) is 11.4. The number of unbranched alkanes of at least 4 members (excludes halogenated alkanes) is 3. The molecule has 0 bridgehead atoms. The summed E-state index contributed by atoms with van der Waals surface area (Å²) in [5.41, 5.74) is 3.50. The van der Waals surface area contributed by atoms with E-state index in [1.54, 1.807) is 7.11 Å². The van der Waals surface area contributed by atoms with Gasteiger partial charge in [0.2, 0.25) is 0 Å². The summed E-state index contributed by atoms with van der Waals surface area (Å²) >= 11 is 0. The van der Waals surface area contributed by atoms with Crippen LogP contribution in [0.4, 0.5) is 0 Å². The lowest BCUT2D eigenvalue weighted by molar-refractivity contribution is 0.103. The first-order valence-electron chi connectivity index (χ1n) is 11.2. The maximum absolute atomic E-state index is 12.9. The quantitative estimate of drug-likeness (QED) is 0.242. The Morgan fingerprint density at radius 2 is 1.26 bits per heavy atom. The van der Waals surface area contributed by atoms with Gasteiger partial charge in [-0.3, -0.25) is 4.79 Å². The van der Waals surface area contributed by atoms with E-state index in [2.05, 4.69) is 13.8 Å². The molecule has 3 rings (SSSR count). The molecule has 0 aliphatic carbocycles. The van der Waals surface area contributed by atoms with Crippen LogP contribution in [0.1, 0.15) is 61.9 Å². The van der Waals surface area contributed by atoms with Crippen molar-refractivity contribution in [2.45, 2.75) is 52.1 Å². The molecule has 0 aliphatic heterocycles. The minimum atomic E-state index is 0.0143. The maximum atomic E-state index is 12.9. The SMILES string of the molecule is CCCCCCC(C)Oc1ccc(C(=O)c2ccc(-c3ccc(OC)cc3)cc2)cc1. The molecule has 3 nitrogen and oxygen atoms in total. The van der Waals surface area contributed by atoms with Crippen molar-refractivity contribution >= 4 is 5.78 Å². The zero-order valence-corrected chi connectivity index (χ0v) is 18.8. The van der Waals surface area contributed by atoms with Crippen LogP contribution in [0.25, 0.3) is 11.1 Å². The van der Waals surface area contributed by atoms with Crippen LogP contribution in [-0.4, -0.2) is 19.0 Å². The fourth-order valence-electron chi connectivity index (χ4n) is 3.60. The lowest BCUT2D eigenvalue weighted by Gasteiger charge is -2.15. The third-order valence-corrected chi connectivity index (χ3v) is 5.49. The van der Waals surface area contributed by atoms with Gasteiger partial charge in [0.1, 0.15) is 11.5 Å². The number of ether oxygens (including phenoxy) is 2. The van der Waals surface area contributed by atoms with Gasteiger partial charge in [0.15, 0.2) is 5.78 Å². The summed E-state index contributed by atoms with van der Waals surface area (Å²) in [5, 5.41) is 0. The third-order valence-electron chi connectivity index (χ3n) is 5.49. The Balaban J connectivity index is 1.59. The number of carbonyl (C=O) groups is 1. The molecule has 1 unspecified atom stereocenters. The van der Waals surface area contributed by atoms with Gasteiger partial charge >= 0.3 is 0 Å². The number of hydrogen-bond donors (Lipinski definition) is 0. The summed E-state index contributed by atoms with van der Waals surface area (Å²) in [6, 6.07) is 23.1. The van der Waals surface area contributed by atoms with Crippen LogP contribution in [0.2, 0.25) is 0 Å². The molecule has 3 aromatic rings. The van der Waals surface area contributed by atoms with Gasteiger partial charge in [-0.25, -0.2) is 0 Å². The Bertz CT molecular complexity index is 941. The average Bonchev–Trinajstić information content (AvgIpc) is 2.82. The molecule has 0 heterocycles. The minimum absolute atomic E-state index is 0.0143. The molecule has 3 heteroatoms. The first-order chi connectivity index (χ1) is 15.1. The molecule has 0 spiro atoms. The Morgan fingerprint density at radius 3 is 1.81 bits per heavy atom. The van der Waals surface area contributed by atoms with Crippen LogP contribution in [0, 0.1) is 0 Å². The first-order valence-corrected chi connectivity index (χ1v) is 11.2. The second-order valence-electron chi connectivity index (χ2n) is 7.94. The number of hydrogen-bond acceptors (Lipinski definition) is 3. The van der Waals surface area contributed by atoms with E-state index in [9.17, 15) is 4.79 Å². The van der Waals surface area contributed by atoms with Crippen molar-refractivity contribution in [3.05, 3.63) is 83.9 Å². The molecular weight excluding hydrogens is 384 g/mol. The van der Waals surface area contributed by atoms with Gasteiger partial charge in [0, 0.05) is 11.1 Å². The van der Waals surface area contributed by atoms with Crippen molar-refractivity contribution in [1.82, 2.24) is 0 Å². The standard InChI is InChI=1S/C28H32O3/c1-4-5-6-7-8-21(2)31-27-19-15-25(16-20-27)28(29)24-11-9-22(10-12-24)23-13-17-26(30-3)18-14-23/h9-21H,4-8H2,1-3H3. The highest BCUT2D eigenvalue weighted by Crippen LogP contribution is 2.24. The van der Waals surface area contributed by atoms with Gasteiger partial charge in [0.25, 0.3) is 0 Å². The van der Waals surface area contributed by atoms with Crippen molar-refractivity contribution in [3.63, 3.8) is 0 Å². The highest BCUT2D eigenvalue weighted by molar-refractivity contribution is 6.09. The van der Waals surface area contributed by atoms with Gasteiger partial charge < -0.3 is 9.47 Å². The topological polar surface area (TPSA) is 35.5 Å². The lowest BCUT2D eigenvalue weighted by Crippen LogP contribution is -2.11. The molecule has 1 atom stereocenters. The summed E-state index contributed by atoms with van der Waals surface area (Å²) in [4.78, 5) is 12.9.